The summed E-state index contributed by atoms with van der Waals surface area (Å²) >= 11 is 0. The molecule has 0 heterocycles. The monoisotopic (exact) mass is 197 g/mol. The molecule has 1 heteroatoms. The Morgan fingerprint density at radius 3 is 2.36 bits per heavy atom. The summed E-state index contributed by atoms with van der Waals surface area (Å²) in [5, 5.41) is 3.51. The number of nitrogens with one attached hydrogen (secondary N) is 1. The topological polar surface area (TPSA) is 12.0 Å². The van der Waals surface area contributed by atoms with Crippen molar-refractivity contribution in [2.45, 2.75) is 64.8 Å². The van der Waals surface area contributed by atoms with Gasteiger partial charge in [-0.2, -0.15) is 0 Å². The number of hydrogen-bond acceptors (Lipinski definition) is 1. The summed E-state index contributed by atoms with van der Waals surface area (Å²) < 4.78 is 0. The molecule has 0 radical (unpaired) electrons. The van der Waals surface area contributed by atoms with Crippen LogP contribution in [0.2, 0.25) is 0 Å². The minimum atomic E-state index is 0.810. The SMILES string of the molecule is CCC(CC)CC1CCCCC1NC. The fourth-order valence-corrected chi connectivity index (χ4v) is 2.92. The van der Waals surface area contributed by atoms with Crippen molar-refractivity contribution in [3.63, 3.8) is 0 Å². The van der Waals surface area contributed by atoms with Crippen LogP contribution in [0.1, 0.15) is 58.8 Å². The lowest BCUT2D eigenvalue weighted by molar-refractivity contribution is 0.222. The van der Waals surface area contributed by atoms with Crippen LogP contribution in [-0.2, 0) is 0 Å². The van der Waals surface area contributed by atoms with E-state index in [0.717, 1.165) is 17.9 Å². The lowest BCUT2D eigenvalue weighted by Gasteiger charge is -2.33. The average Bonchev–Trinajstić information content (AvgIpc) is 2.26. The van der Waals surface area contributed by atoms with Crippen molar-refractivity contribution in [3.05, 3.63) is 0 Å². The first kappa shape index (κ1) is 12.0. The lowest BCUT2D eigenvalue weighted by atomic mass is 9.78. The molecule has 0 aromatic heterocycles. The van der Waals surface area contributed by atoms with Gasteiger partial charge in [0, 0.05) is 6.04 Å². The Kier molecular flexibility index (Phi) is 5.54. The van der Waals surface area contributed by atoms with Gasteiger partial charge >= 0.3 is 0 Å². The molecule has 1 fully saturated rings. The van der Waals surface area contributed by atoms with Crippen LogP contribution >= 0.6 is 0 Å². The summed E-state index contributed by atoms with van der Waals surface area (Å²) in [4.78, 5) is 0. The van der Waals surface area contributed by atoms with E-state index in [1.54, 1.807) is 0 Å². The minimum absolute atomic E-state index is 0.810. The molecule has 1 aliphatic rings. The van der Waals surface area contributed by atoms with Gasteiger partial charge in [0.05, 0.1) is 0 Å². The highest BCUT2D eigenvalue weighted by Gasteiger charge is 2.25. The van der Waals surface area contributed by atoms with Gasteiger partial charge in [0.2, 0.25) is 0 Å². The molecule has 0 saturated heterocycles. The molecule has 14 heavy (non-hydrogen) atoms. The van der Waals surface area contributed by atoms with Gasteiger partial charge < -0.3 is 5.32 Å². The second-order valence-corrected chi connectivity index (χ2v) is 4.86. The van der Waals surface area contributed by atoms with Gasteiger partial charge in [-0.25, -0.2) is 0 Å². The first-order valence-electron chi connectivity index (χ1n) is 6.49. The van der Waals surface area contributed by atoms with Gasteiger partial charge in [0.1, 0.15) is 0 Å². The largest absolute Gasteiger partial charge is 0.317 e. The van der Waals surface area contributed by atoms with Gasteiger partial charge in [0.15, 0.2) is 0 Å². The van der Waals surface area contributed by atoms with E-state index in [1.807, 2.05) is 0 Å². The van der Waals surface area contributed by atoms with Crippen molar-refractivity contribution in [3.8, 4) is 0 Å². The molecule has 1 saturated carbocycles. The van der Waals surface area contributed by atoms with Gasteiger partial charge in [-0.1, -0.05) is 39.5 Å². The summed E-state index contributed by atoms with van der Waals surface area (Å²) in [6.45, 7) is 4.68. The van der Waals surface area contributed by atoms with Gasteiger partial charge in [-0.15, -0.1) is 0 Å². The van der Waals surface area contributed by atoms with E-state index in [-0.39, 0.29) is 0 Å². The van der Waals surface area contributed by atoms with Crippen molar-refractivity contribution in [1.29, 1.82) is 0 Å². The molecule has 2 atom stereocenters. The van der Waals surface area contributed by atoms with Crippen molar-refractivity contribution in [2.75, 3.05) is 7.05 Å². The van der Waals surface area contributed by atoms with Crippen molar-refractivity contribution < 1.29 is 0 Å². The van der Waals surface area contributed by atoms with Crippen LogP contribution in [0.4, 0.5) is 0 Å². The maximum absolute atomic E-state index is 3.51. The molecule has 0 aromatic carbocycles. The van der Waals surface area contributed by atoms with Crippen molar-refractivity contribution in [1.82, 2.24) is 5.32 Å². The van der Waals surface area contributed by atoms with Crippen molar-refractivity contribution >= 4 is 0 Å². The molecule has 0 amide bonds. The summed E-state index contributed by atoms with van der Waals surface area (Å²) in [6, 6.07) is 0.810. The normalized spacial score (nSPS) is 28.3. The van der Waals surface area contributed by atoms with Crippen LogP contribution in [-0.4, -0.2) is 13.1 Å². The zero-order chi connectivity index (χ0) is 10.4. The Bertz CT molecular complexity index is 140. The van der Waals surface area contributed by atoms with E-state index in [4.69, 9.17) is 0 Å². The molecular formula is C13H27N. The van der Waals surface area contributed by atoms with Gasteiger partial charge in [-0.05, 0) is 38.1 Å². The van der Waals surface area contributed by atoms with E-state index in [2.05, 4.69) is 26.2 Å². The van der Waals surface area contributed by atoms with Gasteiger partial charge in [-0.3, -0.25) is 0 Å². The van der Waals surface area contributed by atoms with E-state index in [1.165, 1.54) is 44.9 Å². The predicted molar refractivity (Wildman–Crippen MR) is 63.5 cm³/mol. The Labute approximate surface area is 89.7 Å². The lowest BCUT2D eigenvalue weighted by Crippen LogP contribution is -2.37. The molecular weight excluding hydrogens is 170 g/mol. The third-order valence-corrected chi connectivity index (χ3v) is 4.07. The number of hydrogen-bond donors (Lipinski definition) is 1. The third-order valence-electron chi connectivity index (χ3n) is 4.07. The first-order chi connectivity index (χ1) is 6.81. The van der Waals surface area contributed by atoms with E-state index in [0.29, 0.717) is 0 Å². The zero-order valence-electron chi connectivity index (χ0n) is 10.2. The Balaban J connectivity index is 2.39. The fraction of sp³-hybridized carbons (Fsp3) is 1.00. The van der Waals surface area contributed by atoms with Crippen LogP contribution < -0.4 is 5.32 Å². The van der Waals surface area contributed by atoms with Crippen LogP contribution in [0, 0.1) is 11.8 Å². The number of rotatable bonds is 5. The van der Waals surface area contributed by atoms with Crippen LogP contribution in [0.3, 0.4) is 0 Å². The van der Waals surface area contributed by atoms with Crippen LogP contribution in [0.15, 0.2) is 0 Å². The predicted octanol–water partition coefficient (Wildman–Crippen LogP) is 3.59. The molecule has 1 nitrogen and oxygen atoms in total. The van der Waals surface area contributed by atoms with Crippen LogP contribution in [0.5, 0.6) is 0 Å². The first-order valence-corrected chi connectivity index (χ1v) is 6.49. The summed E-state index contributed by atoms with van der Waals surface area (Å²) in [7, 11) is 2.13. The minimum Gasteiger partial charge on any atom is -0.317 e. The molecule has 0 spiro atoms. The molecule has 0 aromatic rings. The Morgan fingerprint density at radius 2 is 1.79 bits per heavy atom. The molecule has 1 N–H and O–H groups in total. The maximum Gasteiger partial charge on any atom is 0.00924 e. The highest BCUT2D eigenvalue weighted by Crippen LogP contribution is 2.31. The quantitative estimate of drug-likeness (QED) is 0.710. The Hall–Kier alpha value is -0.0400. The van der Waals surface area contributed by atoms with Gasteiger partial charge in [0.25, 0.3) is 0 Å². The second kappa shape index (κ2) is 6.44. The molecule has 1 rings (SSSR count). The van der Waals surface area contributed by atoms with E-state index in [9.17, 15) is 0 Å². The molecule has 84 valence electrons. The smallest absolute Gasteiger partial charge is 0.00924 e. The second-order valence-electron chi connectivity index (χ2n) is 4.86. The highest BCUT2D eigenvalue weighted by molar-refractivity contribution is 4.81. The Morgan fingerprint density at radius 1 is 1.14 bits per heavy atom. The average molecular weight is 197 g/mol. The molecule has 2 unspecified atom stereocenters. The van der Waals surface area contributed by atoms with Crippen molar-refractivity contribution in [2.24, 2.45) is 11.8 Å². The molecule has 1 aliphatic carbocycles. The standard InChI is InChI=1S/C13H27N/c1-4-11(5-2)10-12-8-6-7-9-13(12)14-3/h11-14H,4-10H2,1-3H3. The fourth-order valence-electron chi connectivity index (χ4n) is 2.92. The summed E-state index contributed by atoms with van der Waals surface area (Å²) in [6.07, 6.45) is 9.95. The van der Waals surface area contributed by atoms with Crippen LogP contribution in [0.25, 0.3) is 0 Å². The molecule has 0 bridgehead atoms. The summed E-state index contributed by atoms with van der Waals surface area (Å²) in [5.41, 5.74) is 0. The maximum atomic E-state index is 3.51. The highest BCUT2D eigenvalue weighted by atomic mass is 14.9. The molecule has 0 aliphatic heterocycles. The van der Waals surface area contributed by atoms with E-state index < -0.39 is 0 Å². The summed E-state index contributed by atoms with van der Waals surface area (Å²) in [5.74, 6) is 1.92. The van der Waals surface area contributed by atoms with E-state index >= 15 is 0 Å². The third kappa shape index (κ3) is 3.27. The zero-order valence-corrected chi connectivity index (χ0v) is 10.2.